The van der Waals surface area contributed by atoms with Crippen LogP contribution in [0.15, 0.2) is 82.6 Å². The van der Waals surface area contributed by atoms with Gasteiger partial charge in [0.2, 0.25) is 20.0 Å². The highest BCUT2D eigenvalue weighted by atomic mass is 32.2. The smallest absolute Gasteiger partial charge is 0.243 e. The van der Waals surface area contributed by atoms with Gasteiger partial charge in [0, 0.05) is 37.3 Å². The molecule has 0 unspecified atom stereocenters. The molecule has 0 amide bonds. The highest BCUT2D eigenvalue weighted by Gasteiger charge is 2.34. The second-order valence-electron chi connectivity index (χ2n) is 11.5. The largest absolute Gasteiger partial charge is 0.495 e. The number of ether oxygens (including phenoxy) is 2. The van der Waals surface area contributed by atoms with E-state index in [4.69, 9.17) is 9.47 Å². The van der Waals surface area contributed by atoms with Crippen LogP contribution in [-0.2, 0) is 20.0 Å². The van der Waals surface area contributed by atoms with Crippen LogP contribution in [0.5, 0.6) is 11.5 Å². The molecular formula is C36H40N4O10S2. The first kappa shape index (κ1) is 38.4. The zero-order valence-corrected chi connectivity index (χ0v) is 30.7. The van der Waals surface area contributed by atoms with Crippen molar-refractivity contribution in [3.05, 3.63) is 95.1 Å². The predicted molar refractivity (Wildman–Crippen MR) is 195 cm³/mol. The van der Waals surface area contributed by atoms with Gasteiger partial charge in [-0.05, 0) is 48.5 Å². The summed E-state index contributed by atoms with van der Waals surface area (Å²) in [7, 11) is -5.16. The van der Waals surface area contributed by atoms with Gasteiger partial charge in [-0.25, -0.2) is 16.8 Å². The van der Waals surface area contributed by atoms with E-state index in [1.54, 1.807) is 38.1 Å². The van der Waals surface area contributed by atoms with Gasteiger partial charge in [0.1, 0.15) is 11.5 Å². The number of hydrogen-bond donors (Lipinski definition) is 4. The summed E-state index contributed by atoms with van der Waals surface area (Å²) in [6.07, 6.45) is 0. The molecule has 4 aromatic carbocycles. The molecule has 0 aliphatic heterocycles. The summed E-state index contributed by atoms with van der Waals surface area (Å²) in [4.78, 5) is 28.3. The molecule has 0 heterocycles. The fraction of sp³-hybridized carbons (Fsp3) is 0.278. The molecule has 0 bridgehead atoms. The maximum Gasteiger partial charge on any atom is 0.243 e. The van der Waals surface area contributed by atoms with Crippen molar-refractivity contribution in [2.24, 2.45) is 0 Å². The van der Waals surface area contributed by atoms with Gasteiger partial charge in [0.25, 0.3) is 0 Å². The molecular weight excluding hydrogens is 713 g/mol. The Bertz CT molecular complexity index is 2070. The fourth-order valence-corrected chi connectivity index (χ4v) is 8.98. The zero-order valence-electron chi connectivity index (χ0n) is 29.0. The van der Waals surface area contributed by atoms with Gasteiger partial charge in [-0.3, -0.25) is 9.59 Å². The average Bonchev–Trinajstić information content (AvgIpc) is 3.14. The number of sulfonamides is 2. The van der Waals surface area contributed by atoms with Gasteiger partial charge in [0.05, 0.1) is 71.1 Å². The lowest BCUT2D eigenvalue weighted by atomic mass is 9.82. The van der Waals surface area contributed by atoms with Gasteiger partial charge < -0.3 is 30.3 Å². The molecule has 52 heavy (non-hydrogen) atoms. The third-order valence-electron chi connectivity index (χ3n) is 8.63. The lowest BCUT2D eigenvalue weighted by Gasteiger charge is -2.24. The number of fused-ring (bicyclic) bond motifs is 2. The zero-order chi connectivity index (χ0) is 37.8. The van der Waals surface area contributed by atoms with E-state index in [0.717, 1.165) is 8.61 Å². The Morgan fingerprint density at radius 1 is 0.596 bits per heavy atom. The normalized spacial score (nSPS) is 12.8. The Balaban J connectivity index is 1.55. The molecule has 4 aromatic rings. The number of benzene rings is 4. The second kappa shape index (κ2) is 15.8. The predicted octanol–water partition coefficient (Wildman–Crippen LogP) is 3.97. The van der Waals surface area contributed by atoms with Crippen LogP contribution in [0.4, 0.5) is 22.7 Å². The van der Waals surface area contributed by atoms with Crippen LogP contribution in [-0.4, -0.2) is 101 Å². The highest BCUT2D eigenvalue weighted by molar-refractivity contribution is 7.89. The van der Waals surface area contributed by atoms with Gasteiger partial charge in [-0.2, -0.15) is 8.61 Å². The maximum atomic E-state index is 14.2. The minimum absolute atomic E-state index is 0.0668. The van der Waals surface area contributed by atoms with Crippen molar-refractivity contribution in [1.82, 2.24) is 8.61 Å². The van der Waals surface area contributed by atoms with E-state index < -0.39 is 31.6 Å². The number of rotatable bonds is 16. The Hall–Kier alpha value is -4.84. The molecule has 14 nitrogen and oxygen atoms in total. The number of methoxy groups -OCH3 is 2. The molecule has 5 rings (SSSR count). The molecule has 1 aliphatic carbocycles. The van der Waals surface area contributed by atoms with Gasteiger partial charge in [-0.1, -0.05) is 38.1 Å². The fourth-order valence-electron chi connectivity index (χ4n) is 6.05. The topological polar surface area (TPSA) is 192 Å². The van der Waals surface area contributed by atoms with Gasteiger partial charge >= 0.3 is 0 Å². The Morgan fingerprint density at radius 3 is 1.31 bits per heavy atom. The van der Waals surface area contributed by atoms with Crippen molar-refractivity contribution in [2.75, 3.05) is 64.2 Å². The van der Waals surface area contributed by atoms with E-state index >= 15 is 0 Å². The Kier molecular flexibility index (Phi) is 11.7. The number of anilines is 4. The number of likely N-dealkylation sites (N-methyl/N-ethyl adjacent to an activating group) is 2. The van der Waals surface area contributed by atoms with Crippen LogP contribution in [0.1, 0.15) is 45.7 Å². The lowest BCUT2D eigenvalue weighted by Crippen LogP contribution is -2.33. The van der Waals surface area contributed by atoms with E-state index in [1.807, 2.05) is 0 Å². The summed E-state index contributed by atoms with van der Waals surface area (Å²) < 4.78 is 66.7. The molecule has 16 heteroatoms. The quantitative estimate of drug-likeness (QED) is 0.114. The van der Waals surface area contributed by atoms with Crippen molar-refractivity contribution in [3.63, 3.8) is 0 Å². The first-order valence-electron chi connectivity index (χ1n) is 16.3. The lowest BCUT2D eigenvalue weighted by molar-refractivity contribution is 0.0980. The number of nitrogens with zero attached hydrogens (tertiary/aromatic N) is 2. The van der Waals surface area contributed by atoms with Crippen molar-refractivity contribution in [1.29, 1.82) is 0 Å². The third-order valence-corrected chi connectivity index (χ3v) is 12.6. The summed E-state index contributed by atoms with van der Waals surface area (Å²) in [5.74, 6) is -0.408. The van der Waals surface area contributed by atoms with Crippen LogP contribution >= 0.6 is 0 Å². The van der Waals surface area contributed by atoms with Crippen LogP contribution in [0.25, 0.3) is 0 Å². The number of aliphatic hydroxyl groups excluding tert-OH is 2. The standard InChI is InChI=1S/C36H40N4O10S2/c1-5-39(17-19-41)51(45,46)23-13-15-31(49-3)29(21-23)37-27-11-7-9-25-33(27)35(43)26-10-8-12-28(34(26)36(25)44)38-30-22-24(14-16-32(30)50-4)52(47,48)40(6-2)18-20-42/h7-16,21-22,37-38,41-42H,5-6,17-20H2,1-4H3. The summed E-state index contributed by atoms with van der Waals surface area (Å²) >= 11 is 0. The molecule has 1 aliphatic rings. The molecule has 0 fully saturated rings. The average molecular weight is 753 g/mol. The number of aliphatic hydroxyl groups is 2. The van der Waals surface area contributed by atoms with Crippen LogP contribution in [0.3, 0.4) is 0 Å². The van der Waals surface area contributed by atoms with Crippen LogP contribution in [0.2, 0.25) is 0 Å². The summed E-state index contributed by atoms with van der Waals surface area (Å²) in [6, 6.07) is 17.8. The molecule has 276 valence electrons. The van der Waals surface area contributed by atoms with Crippen molar-refractivity contribution >= 4 is 54.4 Å². The number of carbonyl (C=O) groups is 2. The Labute approximate surface area is 302 Å². The molecule has 0 spiro atoms. The summed E-state index contributed by atoms with van der Waals surface area (Å²) in [5.41, 5.74) is 1.23. The van der Waals surface area contributed by atoms with E-state index in [0.29, 0.717) is 0 Å². The first-order valence-corrected chi connectivity index (χ1v) is 19.2. The minimum atomic E-state index is -3.99. The number of nitrogens with one attached hydrogen (secondary N) is 2. The van der Waals surface area contributed by atoms with Gasteiger partial charge in [0.15, 0.2) is 11.6 Å². The van der Waals surface area contributed by atoms with Crippen molar-refractivity contribution < 1.29 is 46.1 Å². The molecule has 0 saturated heterocycles. The molecule has 0 atom stereocenters. The van der Waals surface area contributed by atoms with Crippen LogP contribution in [0, 0.1) is 0 Å². The van der Waals surface area contributed by atoms with Crippen molar-refractivity contribution in [3.8, 4) is 11.5 Å². The van der Waals surface area contributed by atoms with Crippen molar-refractivity contribution in [2.45, 2.75) is 23.6 Å². The van der Waals surface area contributed by atoms with E-state index in [-0.39, 0.29) is 106 Å². The SMILES string of the molecule is CCN(CCO)S(=O)(=O)c1ccc(OC)c(Nc2cccc3c2C(=O)c2cccc(Nc4cc(S(=O)(=O)N(CC)CCO)ccc4OC)c2C3=O)c1. The van der Waals surface area contributed by atoms with E-state index in [2.05, 4.69) is 10.6 Å². The molecule has 0 saturated carbocycles. The molecule has 0 aromatic heterocycles. The maximum absolute atomic E-state index is 14.2. The monoisotopic (exact) mass is 752 g/mol. The molecule has 4 N–H and O–H groups in total. The summed E-state index contributed by atoms with van der Waals surface area (Å²) in [6.45, 7) is 2.69. The molecule has 0 radical (unpaired) electrons. The van der Waals surface area contributed by atoms with Crippen LogP contribution < -0.4 is 20.1 Å². The third kappa shape index (κ3) is 7.13. The second-order valence-corrected chi connectivity index (χ2v) is 15.4. The first-order chi connectivity index (χ1) is 24.9. The van der Waals surface area contributed by atoms with Gasteiger partial charge in [-0.15, -0.1) is 0 Å². The number of hydrogen-bond acceptors (Lipinski definition) is 12. The minimum Gasteiger partial charge on any atom is -0.495 e. The van der Waals surface area contributed by atoms with E-state index in [9.17, 15) is 36.6 Å². The number of ketones is 2. The van der Waals surface area contributed by atoms with E-state index in [1.165, 1.54) is 62.8 Å². The summed E-state index contributed by atoms with van der Waals surface area (Å²) in [5, 5.41) is 25.0. The Morgan fingerprint density at radius 2 is 0.981 bits per heavy atom. The highest BCUT2D eigenvalue weighted by Crippen LogP contribution is 2.40. The number of carbonyl (C=O) groups excluding carboxylic acids is 2.